The highest BCUT2D eigenvalue weighted by Crippen LogP contribution is 2.49. The van der Waals surface area contributed by atoms with Gasteiger partial charge in [-0.05, 0) is 39.0 Å². The molecule has 0 aromatic carbocycles. The smallest absolute Gasteiger partial charge is 0.362 e. The molecule has 4 heterocycles. The molecule has 0 unspecified atom stereocenters. The van der Waals surface area contributed by atoms with Crippen LogP contribution in [0.15, 0.2) is 30.6 Å². The van der Waals surface area contributed by atoms with Crippen LogP contribution in [0.5, 0.6) is 0 Å². The summed E-state index contributed by atoms with van der Waals surface area (Å²) in [4.78, 5) is 11.6. The normalized spacial score (nSPS) is 17.6. The van der Waals surface area contributed by atoms with Crippen molar-refractivity contribution in [2.24, 2.45) is 0 Å². The van der Waals surface area contributed by atoms with Gasteiger partial charge in [0.1, 0.15) is 17.0 Å². The number of hydrogen-bond donors (Lipinski definition) is 1. The van der Waals surface area contributed by atoms with E-state index in [4.69, 9.17) is 18.8 Å². The van der Waals surface area contributed by atoms with E-state index >= 15 is 0 Å². The molecule has 1 N–H and O–H groups in total. The van der Waals surface area contributed by atoms with E-state index in [9.17, 15) is 4.57 Å². The lowest BCUT2D eigenvalue weighted by atomic mass is 10.1. The molecule has 1 atom stereocenters. The van der Waals surface area contributed by atoms with Crippen molar-refractivity contribution in [3.05, 3.63) is 30.6 Å². The van der Waals surface area contributed by atoms with Gasteiger partial charge in [0.15, 0.2) is 0 Å². The lowest BCUT2D eigenvalue weighted by molar-refractivity contribution is 0.0986. The van der Waals surface area contributed by atoms with E-state index in [1.807, 2.05) is 12.1 Å². The van der Waals surface area contributed by atoms with E-state index in [1.54, 1.807) is 32.3 Å². The minimum atomic E-state index is -3.56. The molecule has 3 aromatic rings. The van der Waals surface area contributed by atoms with Gasteiger partial charge in [0.25, 0.3) is 0 Å². The summed E-state index contributed by atoms with van der Waals surface area (Å²) in [7, 11) is -3.56. The van der Waals surface area contributed by atoms with Crippen LogP contribution in [0.1, 0.15) is 20.8 Å². The Hall–Kier alpha value is -2.32. The van der Waals surface area contributed by atoms with Gasteiger partial charge in [-0.15, -0.1) is 0 Å². The van der Waals surface area contributed by atoms with E-state index in [1.165, 1.54) is 0 Å². The quantitative estimate of drug-likeness (QED) is 0.569. The Kier molecular flexibility index (Phi) is 6.15. The molecule has 10 heteroatoms. The summed E-state index contributed by atoms with van der Waals surface area (Å²) in [6.45, 7) is 8.11. The highest BCUT2D eigenvalue weighted by atomic mass is 31.2. The number of morpholine rings is 1. The number of rotatable bonds is 7. The number of nitrogens with one attached hydrogen (secondary N) is 1. The third-order valence-corrected chi connectivity index (χ3v) is 7.16. The monoisotopic (exact) mass is 431 g/mol. The molecule has 9 nitrogen and oxygen atoms in total. The highest BCUT2D eigenvalue weighted by molar-refractivity contribution is 7.62. The SMILES string of the molecule is CCOP(=O)(OCC)c1cc(N2CCOC[C@H]2C)nc2c(-c3ccn[nH]3)nccc12. The first-order valence-electron chi connectivity index (χ1n) is 10.1. The van der Waals surface area contributed by atoms with Gasteiger partial charge in [0.2, 0.25) is 0 Å². The molecule has 0 radical (unpaired) electrons. The summed E-state index contributed by atoms with van der Waals surface area (Å²) in [5, 5.41) is 8.16. The first-order chi connectivity index (χ1) is 14.6. The van der Waals surface area contributed by atoms with Crippen LogP contribution in [0.25, 0.3) is 22.3 Å². The van der Waals surface area contributed by atoms with Crippen LogP contribution >= 0.6 is 7.60 Å². The third-order valence-electron chi connectivity index (χ3n) is 5.00. The fourth-order valence-electron chi connectivity index (χ4n) is 3.66. The Bertz CT molecular complexity index is 1050. The average Bonchev–Trinajstić information content (AvgIpc) is 3.28. The number of aromatic amines is 1. The van der Waals surface area contributed by atoms with Gasteiger partial charge >= 0.3 is 7.60 Å². The van der Waals surface area contributed by atoms with Gasteiger partial charge in [0.05, 0.1) is 43.5 Å². The van der Waals surface area contributed by atoms with E-state index in [2.05, 4.69) is 27.0 Å². The Balaban J connectivity index is 1.99. The van der Waals surface area contributed by atoms with Crippen molar-refractivity contribution in [1.29, 1.82) is 0 Å². The Labute approximate surface area is 175 Å². The first kappa shape index (κ1) is 20.9. The molecule has 0 saturated carbocycles. The number of pyridine rings is 2. The maximum absolute atomic E-state index is 13.8. The molecule has 1 aliphatic heterocycles. The lowest BCUT2D eigenvalue weighted by Gasteiger charge is -2.35. The summed E-state index contributed by atoms with van der Waals surface area (Å²) < 4.78 is 30.7. The number of fused-ring (bicyclic) bond motifs is 1. The topological polar surface area (TPSA) is 102 Å². The second kappa shape index (κ2) is 8.81. The Morgan fingerprint density at radius 3 is 2.73 bits per heavy atom. The maximum atomic E-state index is 13.8. The lowest BCUT2D eigenvalue weighted by Crippen LogP contribution is -2.44. The first-order valence-corrected chi connectivity index (χ1v) is 11.6. The molecule has 1 aliphatic rings. The van der Waals surface area contributed by atoms with Gasteiger partial charge in [-0.3, -0.25) is 14.6 Å². The zero-order valence-electron chi connectivity index (χ0n) is 17.4. The van der Waals surface area contributed by atoms with Gasteiger partial charge in [-0.2, -0.15) is 5.10 Å². The second-order valence-electron chi connectivity index (χ2n) is 6.98. The van der Waals surface area contributed by atoms with Gasteiger partial charge in [0, 0.05) is 24.3 Å². The molecule has 3 aromatic heterocycles. The predicted molar refractivity (Wildman–Crippen MR) is 115 cm³/mol. The largest absolute Gasteiger partial charge is 0.377 e. The van der Waals surface area contributed by atoms with Crippen LogP contribution < -0.4 is 10.2 Å². The van der Waals surface area contributed by atoms with Gasteiger partial charge in [-0.1, -0.05) is 0 Å². The van der Waals surface area contributed by atoms with E-state index in [-0.39, 0.29) is 19.3 Å². The summed E-state index contributed by atoms with van der Waals surface area (Å²) in [6, 6.07) is 5.59. The molecule has 1 saturated heterocycles. The fraction of sp³-hybridized carbons (Fsp3) is 0.450. The molecule has 30 heavy (non-hydrogen) atoms. The van der Waals surface area contributed by atoms with Crippen LogP contribution in [0.4, 0.5) is 5.82 Å². The number of nitrogens with zero attached hydrogens (tertiary/aromatic N) is 4. The van der Waals surface area contributed by atoms with Crippen molar-refractivity contribution in [3.63, 3.8) is 0 Å². The minimum absolute atomic E-state index is 0.127. The fourth-order valence-corrected chi connectivity index (χ4v) is 5.44. The molecule has 0 aliphatic carbocycles. The Morgan fingerprint density at radius 2 is 2.07 bits per heavy atom. The molecule has 0 amide bonds. The van der Waals surface area contributed by atoms with E-state index in [0.29, 0.717) is 47.5 Å². The number of H-pyrrole nitrogens is 1. The molecular formula is C20H26N5O4P. The number of ether oxygens (including phenoxy) is 1. The number of anilines is 1. The number of aromatic nitrogens is 4. The Morgan fingerprint density at radius 1 is 1.27 bits per heavy atom. The summed E-state index contributed by atoms with van der Waals surface area (Å²) in [6.07, 6.45) is 3.33. The van der Waals surface area contributed by atoms with Crippen molar-refractivity contribution in [3.8, 4) is 11.4 Å². The summed E-state index contributed by atoms with van der Waals surface area (Å²) in [5.41, 5.74) is 1.98. The zero-order chi connectivity index (χ0) is 21.1. The van der Waals surface area contributed by atoms with Gasteiger partial charge < -0.3 is 18.7 Å². The maximum Gasteiger partial charge on any atom is 0.362 e. The molecule has 1 fully saturated rings. The second-order valence-corrected chi connectivity index (χ2v) is 8.97. The van der Waals surface area contributed by atoms with Crippen LogP contribution in [-0.2, 0) is 18.3 Å². The third kappa shape index (κ3) is 3.86. The van der Waals surface area contributed by atoms with E-state index in [0.717, 1.165) is 5.69 Å². The standard InChI is InChI=1S/C20H26N5O4P/c1-4-28-30(26,29-5-2)17-12-18(25-10-11-27-13-14(25)3)23-19-15(17)6-8-21-20(19)16-7-9-22-24-16/h6-9,12,14H,4-5,10-11,13H2,1-3H3,(H,22,24)/t14-/m1/s1. The van der Waals surface area contributed by atoms with Crippen molar-refractivity contribution in [2.45, 2.75) is 26.8 Å². The summed E-state index contributed by atoms with van der Waals surface area (Å²) >= 11 is 0. The highest BCUT2D eigenvalue weighted by Gasteiger charge is 2.32. The van der Waals surface area contributed by atoms with Crippen LogP contribution in [0.3, 0.4) is 0 Å². The summed E-state index contributed by atoms with van der Waals surface area (Å²) in [5.74, 6) is 0.696. The van der Waals surface area contributed by atoms with Gasteiger partial charge in [-0.25, -0.2) is 4.98 Å². The van der Waals surface area contributed by atoms with Crippen LogP contribution in [0, 0.1) is 0 Å². The predicted octanol–water partition coefficient (Wildman–Crippen LogP) is 3.14. The molecule has 0 bridgehead atoms. The molecule has 0 spiro atoms. The van der Waals surface area contributed by atoms with Crippen LogP contribution in [-0.4, -0.2) is 59.2 Å². The zero-order valence-corrected chi connectivity index (χ0v) is 18.3. The van der Waals surface area contributed by atoms with Crippen molar-refractivity contribution in [1.82, 2.24) is 20.2 Å². The number of hydrogen-bond acceptors (Lipinski definition) is 8. The van der Waals surface area contributed by atoms with Crippen molar-refractivity contribution >= 4 is 29.6 Å². The minimum Gasteiger partial charge on any atom is -0.377 e. The van der Waals surface area contributed by atoms with E-state index < -0.39 is 7.60 Å². The van der Waals surface area contributed by atoms with Crippen molar-refractivity contribution < 1.29 is 18.3 Å². The molecule has 4 rings (SSSR count). The molecule has 160 valence electrons. The van der Waals surface area contributed by atoms with Crippen molar-refractivity contribution in [2.75, 3.05) is 37.9 Å². The van der Waals surface area contributed by atoms with Crippen LogP contribution in [0.2, 0.25) is 0 Å². The molecular weight excluding hydrogens is 405 g/mol. The average molecular weight is 431 g/mol.